The van der Waals surface area contributed by atoms with Crippen molar-refractivity contribution in [1.82, 2.24) is 0 Å². The maximum atomic E-state index is 10.5. The number of nitrogens with zero attached hydrogens (tertiary/aromatic N) is 1. The summed E-state index contributed by atoms with van der Waals surface area (Å²) in [6, 6.07) is 0. The summed E-state index contributed by atoms with van der Waals surface area (Å²) >= 11 is 5.02. The molecule has 0 saturated heterocycles. The number of rotatable bonds is 5. The van der Waals surface area contributed by atoms with Gasteiger partial charge < -0.3 is 14.3 Å². The van der Waals surface area contributed by atoms with E-state index >= 15 is 0 Å². The SMILES string of the molecule is C[N+](C)(C)C[C@@H](CC(=O)O)OC(=O)Cl. The maximum absolute atomic E-state index is 10.5. The van der Waals surface area contributed by atoms with Gasteiger partial charge in [-0.3, -0.25) is 4.79 Å². The van der Waals surface area contributed by atoms with E-state index in [-0.39, 0.29) is 6.42 Å². The fraction of sp³-hybridized carbons (Fsp3) is 0.750. The highest BCUT2D eigenvalue weighted by molar-refractivity contribution is 6.61. The van der Waals surface area contributed by atoms with Crippen LogP contribution < -0.4 is 0 Å². The predicted octanol–water partition coefficient (Wildman–Crippen LogP) is 0.911. The molecule has 0 aliphatic heterocycles. The van der Waals surface area contributed by atoms with Crippen LogP contribution in [-0.2, 0) is 9.53 Å². The van der Waals surface area contributed by atoms with Crippen LogP contribution in [0.15, 0.2) is 0 Å². The van der Waals surface area contributed by atoms with Crippen LogP contribution in [-0.4, -0.2) is 54.8 Å². The number of carbonyl (C=O) groups excluding carboxylic acids is 1. The summed E-state index contributed by atoms with van der Waals surface area (Å²) in [4.78, 5) is 20.9. The number of hydrogen-bond acceptors (Lipinski definition) is 3. The molecule has 0 rings (SSSR count). The van der Waals surface area contributed by atoms with E-state index in [0.717, 1.165) is 0 Å². The quantitative estimate of drug-likeness (QED) is 0.557. The zero-order valence-electron chi connectivity index (χ0n) is 8.49. The minimum atomic E-state index is -1.01. The van der Waals surface area contributed by atoms with E-state index in [1.807, 2.05) is 21.1 Å². The van der Waals surface area contributed by atoms with Crippen molar-refractivity contribution in [2.45, 2.75) is 12.5 Å². The molecule has 0 bridgehead atoms. The summed E-state index contributed by atoms with van der Waals surface area (Å²) in [5.74, 6) is -1.01. The van der Waals surface area contributed by atoms with Crippen molar-refractivity contribution in [1.29, 1.82) is 0 Å². The van der Waals surface area contributed by atoms with Crippen molar-refractivity contribution in [3.8, 4) is 0 Å². The van der Waals surface area contributed by atoms with Crippen LogP contribution in [0.5, 0.6) is 0 Å². The van der Waals surface area contributed by atoms with Crippen molar-refractivity contribution in [3.63, 3.8) is 0 Å². The highest BCUT2D eigenvalue weighted by atomic mass is 35.5. The van der Waals surface area contributed by atoms with Crippen LogP contribution in [0.2, 0.25) is 0 Å². The van der Waals surface area contributed by atoms with Crippen LogP contribution in [0.1, 0.15) is 6.42 Å². The van der Waals surface area contributed by atoms with Gasteiger partial charge in [0.2, 0.25) is 0 Å². The molecule has 0 aromatic carbocycles. The molecule has 0 aromatic heterocycles. The van der Waals surface area contributed by atoms with E-state index in [2.05, 4.69) is 4.74 Å². The fourth-order valence-corrected chi connectivity index (χ4v) is 1.21. The van der Waals surface area contributed by atoms with Gasteiger partial charge in [0.25, 0.3) is 0 Å². The highest BCUT2D eigenvalue weighted by Crippen LogP contribution is 2.06. The minimum absolute atomic E-state index is 0.228. The van der Waals surface area contributed by atoms with Crippen LogP contribution in [0.3, 0.4) is 0 Å². The Morgan fingerprint density at radius 2 is 1.93 bits per heavy atom. The molecule has 0 amide bonds. The van der Waals surface area contributed by atoms with Crippen LogP contribution in [0, 0.1) is 0 Å². The average Bonchev–Trinajstić information content (AvgIpc) is 1.77. The largest absolute Gasteiger partial charge is 0.481 e. The van der Waals surface area contributed by atoms with Gasteiger partial charge in [-0.05, 0) is 0 Å². The topological polar surface area (TPSA) is 63.6 Å². The van der Waals surface area contributed by atoms with Crippen molar-refractivity contribution in [2.24, 2.45) is 0 Å². The van der Waals surface area contributed by atoms with Crippen molar-refractivity contribution >= 4 is 23.0 Å². The lowest BCUT2D eigenvalue weighted by Crippen LogP contribution is -2.43. The molecule has 0 heterocycles. The van der Waals surface area contributed by atoms with Crippen molar-refractivity contribution < 1.29 is 23.9 Å². The van der Waals surface area contributed by atoms with Gasteiger partial charge in [-0.15, -0.1) is 0 Å². The summed E-state index contributed by atoms with van der Waals surface area (Å²) in [5.41, 5.74) is -0.968. The number of carboxylic acid groups (broad SMARTS) is 1. The Balaban J connectivity index is 4.24. The molecule has 14 heavy (non-hydrogen) atoms. The molecule has 0 unspecified atom stereocenters. The van der Waals surface area contributed by atoms with Crippen molar-refractivity contribution in [2.75, 3.05) is 27.7 Å². The van der Waals surface area contributed by atoms with E-state index in [0.29, 0.717) is 11.0 Å². The first-order valence-corrected chi connectivity index (χ1v) is 4.47. The first-order chi connectivity index (χ1) is 6.20. The molecule has 0 fully saturated rings. The Bertz CT molecular complexity index is 208. The normalized spacial score (nSPS) is 13.4. The van der Waals surface area contributed by atoms with Gasteiger partial charge >= 0.3 is 11.4 Å². The molecule has 1 N–H and O–H groups in total. The summed E-state index contributed by atoms with van der Waals surface area (Å²) in [6.45, 7) is 0.408. The molecule has 0 spiro atoms. The van der Waals surface area contributed by atoms with E-state index in [4.69, 9.17) is 16.7 Å². The van der Waals surface area contributed by atoms with Gasteiger partial charge in [0, 0.05) is 11.6 Å². The Kier molecular flexibility index (Phi) is 4.87. The molecular weight excluding hydrogens is 210 g/mol. The van der Waals surface area contributed by atoms with E-state index < -0.39 is 17.5 Å². The predicted molar refractivity (Wildman–Crippen MR) is 51.3 cm³/mol. The zero-order valence-corrected chi connectivity index (χ0v) is 9.24. The number of aliphatic carboxylic acids is 1. The third-order valence-corrected chi connectivity index (χ3v) is 1.50. The molecule has 0 aliphatic rings. The van der Waals surface area contributed by atoms with Gasteiger partial charge in [-0.1, -0.05) is 0 Å². The molecule has 0 aliphatic carbocycles. The van der Waals surface area contributed by atoms with E-state index in [1.165, 1.54) is 0 Å². The van der Waals surface area contributed by atoms with Gasteiger partial charge in [0.05, 0.1) is 27.6 Å². The minimum Gasteiger partial charge on any atom is -0.481 e. The molecule has 0 saturated carbocycles. The lowest BCUT2D eigenvalue weighted by Gasteiger charge is -2.27. The first-order valence-electron chi connectivity index (χ1n) is 4.09. The monoisotopic (exact) mass is 224 g/mol. The van der Waals surface area contributed by atoms with Crippen LogP contribution >= 0.6 is 11.6 Å². The first kappa shape index (κ1) is 13.2. The summed E-state index contributed by atoms with van der Waals surface area (Å²) in [7, 11) is 5.62. The standard InChI is InChI=1S/C8H14ClNO4/c1-10(2,3)5-6(4-7(11)12)14-8(9)13/h6H,4-5H2,1-3H3/p+1/t6-/m1/s1. The average molecular weight is 225 g/mol. The molecule has 6 heteroatoms. The highest BCUT2D eigenvalue weighted by Gasteiger charge is 2.23. The number of likely N-dealkylation sites (N-methyl/N-ethyl adjacent to an activating group) is 1. The Morgan fingerprint density at radius 3 is 2.21 bits per heavy atom. The van der Waals surface area contributed by atoms with E-state index in [1.54, 1.807) is 0 Å². The molecule has 0 radical (unpaired) electrons. The van der Waals surface area contributed by atoms with Gasteiger partial charge in [-0.2, -0.15) is 0 Å². The second kappa shape index (κ2) is 5.17. The lowest BCUT2D eigenvalue weighted by atomic mass is 10.2. The van der Waals surface area contributed by atoms with Gasteiger partial charge in [0.1, 0.15) is 6.54 Å². The van der Waals surface area contributed by atoms with Crippen LogP contribution in [0.25, 0.3) is 0 Å². The number of hydrogen-bond donors (Lipinski definition) is 1. The Hall–Kier alpha value is -0.810. The zero-order chi connectivity index (χ0) is 11.4. The molecule has 1 atom stereocenters. The molecule has 5 nitrogen and oxygen atoms in total. The van der Waals surface area contributed by atoms with Gasteiger partial charge in [-0.25, -0.2) is 4.79 Å². The van der Waals surface area contributed by atoms with Crippen LogP contribution in [0.4, 0.5) is 4.79 Å². The lowest BCUT2D eigenvalue weighted by molar-refractivity contribution is -0.873. The number of quaternary nitrogens is 1. The number of carbonyl (C=O) groups is 2. The second-order valence-corrected chi connectivity index (χ2v) is 4.36. The number of halogens is 1. The van der Waals surface area contributed by atoms with Crippen molar-refractivity contribution in [3.05, 3.63) is 0 Å². The summed E-state index contributed by atoms with van der Waals surface area (Å²) < 4.78 is 5.17. The number of ether oxygens (including phenoxy) is 1. The summed E-state index contributed by atoms with van der Waals surface area (Å²) in [6.07, 6.45) is -0.911. The third kappa shape index (κ3) is 7.82. The van der Waals surface area contributed by atoms with Gasteiger partial charge in [0.15, 0.2) is 6.10 Å². The fourth-order valence-electron chi connectivity index (χ4n) is 1.08. The molecule has 82 valence electrons. The molecule has 0 aromatic rings. The number of carboxylic acids is 1. The maximum Gasteiger partial charge on any atom is 0.404 e. The second-order valence-electron chi connectivity index (χ2n) is 4.05. The smallest absolute Gasteiger partial charge is 0.404 e. The Morgan fingerprint density at radius 1 is 1.43 bits per heavy atom. The third-order valence-electron chi connectivity index (χ3n) is 1.41. The van der Waals surface area contributed by atoms with E-state index in [9.17, 15) is 9.59 Å². The Labute approximate surface area is 87.8 Å². The summed E-state index contributed by atoms with van der Waals surface area (Å²) in [5, 5.41) is 8.55. The molecular formula is C8H15ClNO4+.